The first-order chi connectivity index (χ1) is 14.9. The zero-order valence-electron chi connectivity index (χ0n) is 17.3. The molecule has 0 spiro atoms. The average Bonchev–Trinajstić information content (AvgIpc) is 2.74. The highest BCUT2D eigenvalue weighted by Gasteiger charge is 2.27. The average molecular weight is 435 g/mol. The Labute approximate surface area is 180 Å². The fourth-order valence-corrected chi connectivity index (χ4v) is 3.64. The van der Waals surface area contributed by atoms with E-state index in [0.717, 1.165) is 43.7 Å². The third kappa shape index (κ3) is 8.49. The van der Waals surface area contributed by atoms with Gasteiger partial charge in [-0.3, -0.25) is 4.90 Å². The van der Waals surface area contributed by atoms with E-state index in [4.69, 9.17) is 4.74 Å². The van der Waals surface area contributed by atoms with E-state index >= 15 is 0 Å². The SMILES string of the molecule is O=C(N[C@@H]1CCCN(CCNc2ccc(CC(F)(F)F)cc2)C1)OCc1ccccc1. The number of halogens is 3. The van der Waals surface area contributed by atoms with Gasteiger partial charge in [0.25, 0.3) is 0 Å². The number of hydrogen-bond acceptors (Lipinski definition) is 4. The summed E-state index contributed by atoms with van der Waals surface area (Å²) in [7, 11) is 0. The number of likely N-dealkylation sites (tertiary alicyclic amines) is 1. The number of benzene rings is 2. The second-order valence-electron chi connectivity index (χ2n) is 7.76. The van der Waals surface area contributed by atoms with Crippen molar-refractivity contribution in [3.05, 3.63) is 65.7 Å². The molecule has 8 heteroatoms. The molecule has 5 nitrogen and oxygen atoms in total. The van der Waals surface area contributed by atoms with Crippen LogP contribution in [0.1, 0.15) is 24.0 Å². The van der Waals surface area contributed by atoms with Crippen LogP contribution >= 0.6 is 0 Å². The second kappa shape index (κ2) is 11.0. The first-order valence-electron chi connectivity index (χ1n) is 10.5. The normalized spacial score (nSPS) is 17.2. The van der Waals surface area contributed by atoms with E-state index in [0.29, 0.717) is 6.54 Å². The molecular formula is C23H28F3N3O2. The monoisotopic (exact) mass is 435 g/mol. The van der Waals surface area contributed by atoms with E-state index in [1.54, 1.807) is 12.1 Å². The molecule has 3 rings (SSSR count). The van der Waals surface area contributed by atoms with Crippen molar-refractivity contribution in [2.45, 2.75) is 38.1 Å². The van der Waals surface area contributed by atoms with Gasteiger partial charge in [0.1, 0.15) is 6.61 Å². The highest BCUT2D eigenvalue weighted by Crippen LogP contribution is 2.22. The molecule has 2 aromatic rings. The molecule has 2 N–H and O–H groups in total. The van der Waals surface area contributed by atoms with Gasteiger partial charge in [0.2, 0.25) is 0 Å². The smallest absolute Gasteiger partial charge is 0.407 e. The summed E-state index contributed by atoms with van der Waals surface area (Å²) in [6.07, 6.45) is -3.63. The number of ether oxygens (including phenoxy) is 1. The molecule has 168 valence electrons. The molecule has 0 saturated carbocycles. The topological polar surface area (TPSA) is 53.6 Å². The van der Waals surface area contributed by atoms with Crippen molar-refractivity contribution in [2.24, 2.45) is 0 Å². The zero-order chi connectivity index (χ0) is 22.1. The maximum Gasteiger partial charge on any atom is 0.407 e. The Kier molecular flexibility index (Phi) is 8.17. The van der Waals surface area contributed by atoms with Crippen LogP contribution < -0.4 is 10.6 Å². The number of nitrogens with zero attached hydrogens (tertiary/aromatic N) is 1. The van der Waals surface area contributed by atoms with Gasteiger partial charge in [-0.2, -0.15) is 13.2 Å². The minimum Gasteiger partial charge on any atom is -0.445 e. The molecule has 1 aliphatic heterocycles. The van der Waals surface area contributed by atoms with Crippen molar-refractivity contribution in [1.82, 2.24) is 10.2 Å². The molecular weight excluding hydrogens is 407 g/mol. The van der Waals surface area contributed by atoms with Gasteiger partial charge in [0, 0.05) is 31.4 Å². The zero-order valence-corrected chi connectivity index (χ0v) is 17.3. The number of hydrogen-bond donors (Lipinski definition) is 2. The molecule has 0 unspecified atom stereocenters. The molecule has 1 amide bonds. The quantitative estimate of drug-likeness (QED) is 0.637. The van der Waals surface area contributed by atoms with Crippen LogP contribution in [0.2, 0.25) is 0 Å². The summed E-state index contributed by atoms with van der Waals surface area (Å²) in [5, 5.41) is 6.18. The van der Waals surface area contributed by atoms with Crippen LogP contribution in [0, 0.1) is 0 Å². The summed E-state index contributed by atoms with van der Waals surface area (Å²) in [6, 6.07) is 15.9. The number of anilines is 1. The number of alkyl carbamates (subject to hydrolysis) is 1. The van der Waals surface area contributed by atoms with E-state index in [-0.39, 0.29) is 18.2 Å². The Bertz CT molecular complexity index is 813. The molecule has 1 heterocycles. The summed E-state index contributed by atoms with van der Waals surface area (Å²) < 4.78 is 42.6. The number of amides is 1. The number of piperidine rings is 1. The Hall–Kier alpha value is -2.74. The van der Waals surface area contributed by atoms with Gasteiger partial charge in [-0.05, 0) is 42.6 Å². The van der Waals surface area contributed by atoms with E-state index < -0.39 is 18.7 Å². The van der Waals surface area contributed by atoms with E-state index in [1.165, 1.54) is 12.1 Å². The van der Waals surface area contributed by atoms with E-state index in [1.807, 2.05) is 30.3 Å². The van der Waals surface area contributed by atoms with Crippen molar-refractivity contribution in [1.29, 1.82) is 0 Å². The van der Waals surface area contributed by atoms with Gasteiger partial charge in [0.15, 0.2) is 0 Å². The Morgan fingerprint density at radius 1 is 1.06 bits per heavy atom. The highest BCUT2D eigenvalue weighted by atomic mass is 19.4. The van der Waals surface area contributed by atoms with Gasteiger partial charge in [-0.25, -0.2) is 4.79 Å². The summed E-state index contributed by atoms with van der Waals surface area (Å²) in [5.41, 5.74) is 1.99. The number of carbonyl (C=O) groups excluding carboxylic acids is 1. The molecule has 1 atom stereocenters. The molecule has 0 bridgehead atoms. The lowest BCUT2D eigenvalue weighted by Crippen LogP contribution is -2.48. The predicted octanol–water partition coefficient (Wildman–Crippen LogP) is 4.59. The summed E-state index contributed by atoms with van der Waals surface area (Å²) in [6.45, 7) is 3.39. The minimum atomic E-state index is -4.19. The predicted molar refractivity (Wildman–Crippen MR) is 114 cm³/mol. The Morgan fingerprint density at radius 2 is 1.81 bits per heavy atom. The third-order valence-electron chi connectivity index (χ3n) is 5.16. The molecule has 1 fully saturated rings. The lowest BCUT2D eigenvalue weighted by Gasteiger charge is -2.33. The third-order valence-corrected chi connectivity index (χ3v) is 5.16. The molecule has 31 heavy (non-hydrogen) atoms. The van der Waals surface area contributed by atoms with Gasteiger partial charge in [-0.1, -0.05) is 42.5 Å². The summed E-state index contributed by atoms with van der Waals surface area (Å²) in [4.78, 5) is 14.3. The number of rotatable bonds is 8. The van der Waals surface area contributed by atoms with Crippen molar-refractivity contribution < 1.29 is 22.7 Å². The number of nitrogens with one attached hydrogen (secondary N) is 2. The molecule has 0 aliphatic carbocycles. The van der Waals surface area contributed by atoms with Crippen LogP contribution in [0.3, 0.4) is 0 Å². The van der Waals surface area contributed by atoms with Crippen LogP contribution in [0.5, 0.6) is 0 Å². The largest absolute Gasteiger partial charge is 0.445 e. The minimum absolute atomic E-state index is 0.0404. The van der Waals surface area contributed by atoms with Crippen molar-refractivity contribution in [3.63, 3.8) is 0 Å². The number of alkyl halides is 3. The van der Waals surface area contributed by atoms with E-state index in [9.17, 15) is 18.0 Å². The maximum atomic E-state index is 12.4. The standard InChI is InChI=1S/C23H28F3N3O2/c24-23(25,26)15-18-8-10-20(11-9-18)27-12-14-29-13-4-7-21(16-29)28-22(30)31-17-19-5-2-1-3-6-19/h1-3,5-6,8-11,21,27H,4,7,12-17H2,(H,28,30)/t21-/m1/s1. The fourth-order valence-electron chi connectivity index (χ4n) is 3.64. The van der Waals surface area contributed by atoms with Crippen molar-refractivity contribution in [3.8, 4) is 0 Å². The number of carbonyl (C=O) groups is 1. The van der Waals surface area contributed by atoms with Crippen LogP contribution in [0.25, 0.3) is 0 Å². The lowest BCUT2D eigenvalue weighted by atomic mass is 10.1. The Morgan fingerprint density at radius 3 is 2.52 bits per heavy atom. The van der Waals surface area contributed by atoms with Gasteiger partial charge >= 0.3 is 12.3 Å². The first-order valence-corrected chi connectivity index (χ1v) is 10.5. The van der Waals surface area contributed by atoms with Crippen molar-refractivity contribution >= 4 is 11.8 Å². The van der Waals surface area contributed by atoms with Gasteiger partial charge < -0.3 is 15.4 Å². The van der Waals surface area contributed by atoms with Crippen LogP contribution in [0.4, 0.5) is 23.7 Å². The molecule has 0 aromatic heterocycles. The fraction of sp³-hybridized carbons (Fsp3) is 0.435. The summed E-state index contributed by atoms with van der Waals surface area (Å²) >= 11 is 0. The maximum absolute atomic E-state index is 12.4. The van der Waals surface area contributed by atoms with Crippen LogP contribution in [-0.4, -0.2) is 49.4 Å². The lowest BCUT2D eigenvalue weighted by molar-refractivity contribution is -0.127. The first kappa shape index (κ1) is 22.9. The van der Waals surface area contributed by atoms with Crippen molar-refractivity contribution in [2.75, 3.05) is 31.5 Å². The molecule has 1 aliphatic rings. The molecule has 2 aromatic carbocycles. The van der Waals surface area contributed by atoms with Gasteiger partial charge in [-0.15, -0.1) is 0 Å². The second-order valence-corrected chi connectivity index (χ2v) is 7.76. The molecule has 1 saturated heterocycles. The van der Waals surface area contributed by atoms with Gasteiger partial charge in [0.05, 0.1) is 6.42 Å². The molecule has 0 radical (unpaired) electrons. The summed E-state index contributed by atoms with van der Waals surface area (Å²) in [5.74, 6) is 0. The highest BCUT2D eigenvalue weighted by molar-refractivity contribution is 5.67. The van der Waals surface area contributed by atoms with Crippen LogP contribution in [0.15, 0.2) is 54.6 Å². The van der Waals surface area contributed by atoms with Crippen LogP contribution in [-0.2, 0) is 17.8 Å². The van der Waals surface area contributed by atoms with E-state index in [2.05, 4.69) is 15.5 Å². The Balaban J connectivity index is 1.35.